The first-order valence-electron chi connectivity index (χ1n) is 8.17. The molecule has 2 rings (SSSR count). The average molecular weight is 268 g/mol. The van der Waals surface area contributed by atoms with E-state index in [0.717, 1.165) is 12.5 Å². The molecule has 3 unspecified atom stereocenters. The van der Waals surface area contributed by atoms with Crippen molar-refractivity contribution >= 4 is 0 Å². The van der Waals surface area contributed by atoms with Gasteiger partial charge in [-0.25, -0.2) is 0 Å². The number of hydrogen-bond donors (Lipinski definition) is 1. The predicted molar refractivity (Wildman–Crippen MR) is 80.4 cm³/mol. The monoisotopic (exact) mass is 268 g/mol. The van der Waals surface area contributed by atoms with Gasteiger partial charge >= 0.3 is 0 Å². The lowest BCUT2D eigenvalue weighted by Crippen LogP contribution is -2.50. The maximum Gasteiger partial charge on any atom is 0.0724 e. The van der Waals surface area contributed by atoms with Crippen molar-refractivity contribution < 1.29 is 4.74 Å². The molecule has 1 aliphatic carbocycles. The number of likely N-dealkylation sites (N-methyl/N-ethyl adjacent to an activating group) is 1. The number of methoxy groups -OCH3 is 1. The first kappa shape index (κ1) is 15.3. The van der Waals surface area contributed by atoms with Gasteiger partial charge in [0.05, 0.1) is 6.10 Å². The van der Waals surface area contributed by atoms with Gasteiger partial charge in [0.2, 0.25) is 0 Å². The Labute approximate surface area is 119 Å². The van der Waals surface area contributed by atoms with Crippen molar-refractivity contribution in [3.8, 4) is 0 Å². The van der Waals surface area contributed by atoms with Crippen molar-refractivity contribution in [2.24, 2.45) is 11.8 Å². The van der Waals surface area contributed by atoms with Gasteiger partial charge in [0, 0.05) is 26.2 Å². The molecule has 3 heteroatoms. The Balaban J connectivity index is 1.83. The van der Waals surface area contributed by atoms with E-state index in [9.17, 15) is 0 Å². The van der Waals surface area contributed by atoms with Crippen LogP contribution in [0.15, 0.2) is 0 Å². The molecule has 0 amide bonds. The Hall–Kier alpha value is -0.120. The molecule has 1 saturated heterocycles. The number of likely N-dealkylation sites (tertiary alicyclic amines) is 1. The second kappa shape index (κ2) is 7.61. The highest BCUT2D eigenvalue weighted by Crippen LogP contribution is 2.28. The number of nitrogens with zero attached hydrogens (tertiary/aromatic N) is 1. The number of piperidine rings is 1. The first-order valence-corrected chi connectivity index (χ1v) is 8.17. The van der Waals surface area contributed by atoms with Crippen LogP contribution in [0.3, 0.4) is 0 Å². The van der Waals surface area contributed by atoms with E-state index in [-0.39, 0.29) is 0 Å². The SMILES string of the molecule is CNC(CN1CCC(C)C(OC)C1)C1CCCCC1. The number of hydrogen-bond acceptors (Lipinski definition) is 3. The number of nitrogens with one attached hydrogen (secondary N) is 1. The fourth-order valence-electron chi connectivity index (χ4n) is 3.86. The van der Waals surface area contributed by atoms with Crippen molar-refractivity contribution in [3.05, 3.63) is 0 Å². The molecule has 1 N–H and O–H groups in total. The van der Waals surface area contributed by atoms with Crippen LogP contribution in [-0.2, 0) is 4.74 Å². The van der Waals surface area contributed by atoms with Crippen LogP contribution >= 0.6 is 0 Å². The van der Waals surface area contributed by atoms with E-state index < -0.39 is 0 Å². The second-order valence-electron chi connectivity index (χ2n) is 6.59. The molecule has 0 aromatic carbocycles. The van der Waals surface area contributed by atoms with Crippen molar-refractivity contribution in [1.29, 1.82) is 0 Å². The van der Waals surface area contributed by atoms with Crippen LogP contribution in [0.5, 0.6) is 0 Å². The first-order chi connectivity index (χ1) is 9.24. The Kier molecular flexibility index (Phi) is 6.11. The summed E-state index contributed by atoms with van der Waals surface area (Å²) >= 11 is 0. The molecule has 0 radical (unpaired) electrons. The Morgan fingerprint density at radius 2 is 1.95 bits per heavy atom. The minimum atomic E-state index is 0.428. The Morgan fingerprint density at radius 1 is 1.21 bits per heavy atom. The molecule has 3 atom stereocenters. The van der Waals surface area contributed by atoms with E-state index in [1.807, 2.05) is 7.11 Å². The van der Waals surface area contributed by atoms with Crippen LogP contribution in [0.4, 0.5) is 0 Å². The molecule has 0 aromatic rings. The second-order valence-corrected chi connectivity index (χ2v) is 6.59. The maximum atomic E-state index is 5.63. The van der Waals surface area contributed by atoms with Gasteiger partial charge in [-0.1, -0.05) is 26.2 Å². The maximum absolute atomic E-state index is 5.63. The van der Waals surface area contributed by atoms with Gasteiger partial charge in [0.15, 0.2) is 0 Å². The molecule has 3 nitrogen and oxygen atoms in total. The van der Waals surface area contributed by atoms with E-state index in [0.29, 0.717) is 18.1 Å². The van der Waals surface area contributed by atoms with E-state index >= 15 is 0 Å². The minimum absolute atomic E-state index is 0.428. The third kappa shape index (κ3) is 4.17. The summed E-state index contributed by atoms with van der Waals surface area (Å²) in [6, 6.07) is 0.672. The highest BCUT2D eigenvalue weighted by molar-refractivity contribution is 4.85. The highest BCUT2D eigenvalue weighted by atomic mass is 16.5. The number of ether oxygens (including phenoxy) is 1. The number of rotatable bonds is 5. The highest BCUT2D eigenvalue weighted by Gasteiger charge is 2.29. The Morgan fingerprint density at radius 3 is 2.58 bits per heavy atom. The minimum Gasteiger partial charge on any atom is -0.380 e. The standard InChI is InChI=1S/C16H32N2O/c1-13-9-10-18(12-16(13)19-3)11-15(17-2)14-7-5-4-6-8-14/h13-17H,4-12H2,1-3H3. The van der Waals surface area contributed by atoms with Crippen LogP contribution in [0.2, 0.25) is 0 Å². The fraction of sp³-hybridized carbons (Fsp3) is 1.00. The summed E-state index contributed by atoms with van der Waals surface area (Å²) in [5.74, 6) is 1.60. The van der Waals surface area contributed by atoms with E-state index in [1.54, 1.807) is 0 Å². The molecule has 0 bridgehead atoms. The van der Waals surface area contributed by atoms with Crippen molar-refractivity contribution in [3.63, 3.8) is 0 Å². The third-order valence-corrected chi connectivity index (χ3v) is 5.32. The Bertz CT molecular complexity index is 253. The zero-order valence-electron chi connectivity index (χ0n) is 13.0. The molecular weight excluding hydrogens is 236 g/mol. The zero-order valence-corrected chi connectivity index (χ0v) is 13.0. The van der Waals surface area contributed by atoms with Crippen LogP contribution < -0.4 is 5.32 Å². The molecule has 112 valence electrons. The van der Waals surface area contributed by atoms with Crippen molar-refractivity contribution in [2.45, 2.75) is 57.6 Å². The molecule has 2 aliphatic rings. The van der Waals surface area contributed by atoms with Gasteiger partial charge in [0.25, 0.3) is 0 Å². The average Bonchev–Trinajstić information content (AvgIpc) is 2.47. The lowest BCUT2D eigenvalue weighted by molar-refractivity contribution is -0.00975. The molecule has 1 saturated carbocycles. The van der Waals surface area contributed by atoms with Gasteiger partial charge < -0.3 is 10.1 Å². The van der Waals surface area contributed by atoms with Gasteiger partial charge in [-0.15, -0.1) is 0 Å². The van der Waals surface area contributed by atoms with E-state index in [4.69, 9.17) is 4.74 Å². The summed E-state index contributed by atoms with van der Waals surface area (Å²) in [5, 5.41) is 3.58. The molecule has 19 heavy (non-hydrogen) atoms. The molecule has 1 heterocycles. The summed E-state index contributed by atoms with van der Waals surface area (Å²) in [7, 11) is 4.00. The van der Waals surface area contributed by atoms with Gasteiger partial charge in [-0.3, -0.25) is 4.90 Å². The van der Waals surface area contributed by atoms with Gasteiger partial charge in [-0.2, -0.15) is 0 Å². The molecule has 2 fully saturated rings. The van der Waals surface area contributed by atoms with Gasteiger partial charge in [-0.05, 0) is 44.7 Å². The summed E-state index contributed by atoms with van der Waals surface area (Å²) in [5.41, 5.74) is 0. The fourth-order valence-corrected chi connectivity index (χ4v) is 3.86. The largest absolute Gasteiger partial charge is 0.380 e. The molecule has 0 spiro atoms. The van der Waals surface area contributed by atoms with Gasteiger partial charge in [0.1, 0.15) is 0 Å². The summed E-state index contributed by atoms with van der Waals surface area (Å²) in [6.07, 6.45) is 8.85. The topological polar surface area (TPSA) is 24.5 Å². The molecular formula is C16H32N2O. The third-order valence-electron chi connectivity index (χ3n) is 5.32. The van der Waals surface area contributed by atoms with E-state index in [1.165, 1.54) is 51.6 Å². The van der Waals surface area contributed by atoms with Crippen molar-refractivity contribution in [2.75, 3.05) is 33.8 Å². The smallest absolute Gasteiger partial charge is 0.0724 e. The zero-order chi connectivity index (χ0) is 13.7. The van der Waals surface area contributed by atoms with Crippen LogP contribution in [0.1, 0.15) is 45.4 Å². The van der Waals surface area contributed by atoms with Crippen LogP contribution in [-0.4, -0.2) is 50.8 Å². The normalized spacial score (nSPS) is 32.4. The quantitative estimate of drug-likeness (QED) is 0.829. The summed E-state index contributed by atoms with van der Waals surface area (Å²) < 4.78 is 5.63. The van der Waals surface area contributed by atoms with Crippen LogP contribution in [0.25, 0.3) is 0 Å². The lowest BCUT2D eigenvalue weighted by Gasteiger charge is -2.40. The van der Waals surface area contributed by atoms with Crippen molar-refractivity contribution in [1.82, 2.24) is 10.2 Å². The molecule has 0 aromatic heterocycles. The lowest BCUT2D eigenvalue weighted by atomic mass is 9.83. The predicted octanol–water partition coefficient (Wildman–Crippen LogP) is 2.51. The van der Waals surface area contributed by atoms with Crippen LogP contribution in [0, 0.1) is 11.8 Å². The molecule has 1 aliphatic heterocycles. The van der Waals surface area contributed by atoms with E-state index in [2.05, 4.69) is 24.2 Å². The summed E-state index contributed by atoms with van der Waals surface area (Å²) in [4.78, 5) is 2.62. The summed E-state index contributed by atoms with van der Waals surface area (Å²) in [6.45, 7) is 5.88.